The van der Waals surface area contributed by atoms with Crippen molar-refractivity contribution in [1.29, 1.82) is 0 Å². The van der Waals surface area contributed by atoms with Gasteiger partial charge < -0.3 is 10.4 Å². The van der Waals surface area contributed by atoms with E-state index >= 15 is 0 Å². The molecule has 2 saturated heterocycles. The lowest BCUT2D eigenvalue weighted by Gasteiger charge is -2.26. The third-order valence-electron chi connectivity index (χ3n) is 5.88. The van der Waals surface area contributed by atoms with Gasteiger partial charge in [-0.15, -0.1) is 23.5 Å². The number of carbonyl (C=O) groups is 2. The van der Waals surface area contributed by atoms with Gasteiger partial charge in [0.1, 0.15) is 5.78 Å². The van der Waals surface area contributed by atoms with E-state index in [0.717, 1.165) is 19.3 Å². The van der Waals surface area contributed by atoms with Crippen molar-refractivity contribution in [2.75, 3.05) is 18.4 Å². The fourth-order valence-electron chi connectivity index (χ4n) is 4.39. The maximum atomic E-state index is 13.0. The zero-order chi connectivity index (χ0) is 18.8. The fraction of sp³-hybridized carbons (Fsp3) is 0.600. The summed E-state index contributed by atoms with van der Waals surface area (Å²) in [4.78, 5) is 26.0. The smallest absolute Gasteiger partial charge is 0.165 e. The van der Waals surface area contributed by atoms with Crippen molar-refractivity contribution in [3.8, 4) is 0 Å². The molecule has 0 aromatic heterocycles. The van der Waals surface area contributed by atoms with E-state index < -0.39 is 6.04 Å². The van der Waals surface area contributed by atoms with Gasteiger partial charge in [0.25, 0.3) is 0 Å². The van der Waals surface area contributed by atoms with Crippen LogP contribution in [-0.4, -0.2) is 57.6 Å². The highest BCUT2D eigenvalue weighted by Crippen LogP contribution is 2.33. The number of thioether (sulfide) groups is 2. The zero-order valence-corrected chi connectivity index (χ0v) is 16.9. The summed E-state index contributed by atoms with van der Waals surface area (Å²) < 4.78 is 0. The summed E-state index contributed by atoms with van der Waals surface area (Å²) in [7, 11) is 0. The van der Waals surface area contributed by atoms with Crippen LogP contribution in [0.5, 0.6) is 0 Å². The van der Waals surface area contributed by atoms with Gasteiger partial charge >= 0.3 is 0 Å². The molecule has 146 valence electrons. The Morgan fingerprint density at radius 3 is 2.63 bits per heavy atom. The van der Waals surface area contributed by atoms with E-state index in [9.17, 15) is 14.7 Å². The molecule has 0 spiro atoms. The first-order valence-corrected chi connectivity index (χ1v) is 11.7. The molecule has 5 atom stereocenters. The topological polar surface area (TPSA) is 78.4 Å². The van der Waals surface area contributed by atoms with E-state index in [1.807, 2.05) is 0 Å². The molecule has 0 amide bonds. The average molecular weight is 407 g/mol. The van der Waals surface area contributed by atoms with Crippen LogP contribution >= 0.6 is 23.5 Å². The highest BCUT2D eigenvalue weighted by molar-refractivity contribution is 8.01. The van der Waals surface area contributed by atoms with E-state index in [4.69, 9.17) is 0 Å². The van der Waals surface area contributed by atoms with Crippen molar-refractivity contribution in [2.45, 2.75) is 48.3 Å². The summed E-state index contributed by atoms with van der Waals surface area (Å²) >= 11 is 3.09. The van der Waals surface area contributed by atoms with Gasteiger partial charge in [0, 0.05) is 24.2 Å². The molecule has 0 radical (unpaired) electrons. The van der Waals surface area contributed by atoms with Gasteiger partial charge in [0.05, 0.1) is 23.1 Å². The number of Topliss-reactive ketones (excluding diaryl/α,β-unsaturated/α-hetero) is 2. The van der Waals surface area contributed by atoms with Gasteiger partial charge in [-0.25, -0.2) is 0 Å². The molecule has 2 aliphatic heterocycles. The predicted octanol–water partition coefficient (Wildman–Crippen LogP) is 1.37. The summed E-state index contributed by atoms with van der Waals surface area (Å²) in [5.41, 5.74) is 2.78. The van der Waals surface area contributed by atoms with Gasteiger partial charge in [0.15, 0.2) is 5.78 Å². The molecule has 2 heterocycles. The number of rotatable bonds is 6. The second-order valence-corrected chi connectivity index (χ2v) is 9.85. The Morgan fingerprint density at radius 2 is 1.81 bits per heavy atom. The SMILES string of the molecule is O=C(C[C@H]1CCc2ccccc2C1)C1SCN[C@@H]1C(=O)C1SCN[C@@H]1CO. The van der Waals surface area contributed by atoms with Crippen LogP contribution < -0.4 is 10.6 Å². The second kappa shape index (κ2) is 8.66. The lowest BCUT2D eigenvalue weighted by molar-refractivity contribution is -0.125. The molecule has 0 saturated carbocycles. The zero-order valence-electron chi connectivity index (χ0n) is 15.2. The number of aryl methyl sites for hydroxylation is 1. The largest absolute Gasteiger partial charge is 0.395 e. The normalized spacial score (nSPS) is 33.0. The van der Waals surface area contributed by atoms with Crippen LogP contribution in [0.15, 0.2) is 24.3 Å². The number of aliphatic hydroxyl groups excluding tert-OH is 1. The van der Waals surface area contributed by atoms with Crippen molar-refractivity contribution < 1.29 is 14.7 Å². The summed E-state index contributed by atoms with van der Waals surface area (Å²) in [5.74, 6) is 1.93. The van der Waals surface area contributed by atoms with E-state index in [0.29, 0.717) is 24.1 Å². The summed E-state index contributed by atoms with van der Waals surface area (Å²) in [6, 6.07) is 7.87. The van der Waals surface area contributed by atoms with Crippen LogP contribution in [0, 0.1) is 5.92 Å². The molecular formula is C20H26N2O3S2. The standard InChI is InChI=1S/C20H26N2O3S2/c23-9-15-19(26-10-21-15)18(25)17-20(27-11-22-17)16(24)8-12-5-6-13-3-1-2-4-14(13)7-12/h1-4,12,15,17,19-23H,5-11H2/t12-,15+,17+,19?,20?/m0/s1. The molecule has 27 heavy (non-hydrogen) atoms. The van der Waals surface area contributed by atoms with E-state index in [1.165, 1.54) is 22.9 Å². The average Bonchev–Trinajstić information content (AvgIpc) is 3.36. The molecule has 3 N–H and O–H groups in total. The monoisotopic (exact) mass is 406 g/mol. The number of aliphatic hydroxyl groups is 1. The van der Waals surface area contributed by atoms with Gasteiger partial charge in [-0.1, -0.05) is 24.3 Å². The first-order valence-electron chi connectivity index (χ1n) is 9.61. The van der Waals surface area contributed by atoms with Crippen LogP contribution in [0.3, 0.4) is 0 Å². The molecular weight excluding hydrogens is 380 g/mol. The van der Waals surface area contributed by atoms with Crippen molar-refractivity contribution in [2.24, 2.45) is 5.92 Å². The van der Waals surface area contributed by atoms with Gasteiger partial charge in [0.2, 0.25) is 0 Å². The molecule has 2 fully saturated rings. The number of fused-ring (bicyclic) bond motifs is 1. The third-order valence-corrected chi connectivity index (χ3v) is 8.36. The molecule has 1 aliphatic carbocycles. The quantitative estimate of drug-likeness (QED) is 0.659. The summed E-state index contributed by atoms with van der Waals surface area (Å²) in [6.45, 7) is -0.0522. The van der Waals surface area contributed by atoms with Crippen LogP contribution in [0.4, 0.5) is 0 Å². The molecule has 1 aromatic carbocycles. The first-order chi connectivity index (χ1) is 13.2. The lowest BCUT2D eigenvalue weighted by Crippen LogP contribution is -2.50. The number of ketones is 2. The molecule has 3 aliphatic rings. The minimum Gasteiger partial charge on any atom is -0.395 e. The Morgan fingerprint density at radius 1 is 1.07 bits per heavy atom. The Kier molecular flexibility index (Phi) is 6.24. The highest BCUT2D eigenvalue weighted by atomic mass is 32.2. The van der Waals surface area contributed by atoms with Crippen LogP contribution in [0.2, 0.25) is 0 Å². The van der Waals surface area contributed by atoms with Crippen molar-refractivity contribution >= 4 is 35.1 Å². The third kappa shape index (κ3) is 4.12. The Balaban J connectivity index is 1.39. The van der Waals surface area contributed by atoms with Gasteiger partial charge in [-0.05, 0) is 36.3 Å². The number of hydrogen-bond acceptors (Lipinski definition) is 7. The lowest BCUT2D eigenvalue weighted by atomic mass is 9.80. The van der Waals surface area contributed by atoms with Crippen molar-refractivity contribution in [3.05, 3.63) is 35.4 Å². The maximum absolute atomic E-state index is 13.0. The van der Waals surface area contributed by atoms with Crippen molar-refractivity contribution in [1.82, 2.24) is 10.6 Å². The van der Waals surface area contributed by atoms with Crippen LogP contribution in [0.1, 0.15) is 24.0 Å². The Hall–Kier alpha value is -0.860. The highest BCUT2D eigenvalue weighted by Gasteiger charge is 2.44. The fourth-order valence-corrected chi connectivity index (χ4v) is 6.77. The summed E-state index contributed by atoms with van der Waals surface area (Å²) in [6.07, 6.45) is 3.59. The predicted molar refractivity (Wildman–Crippen MR) is 110 cm³/mol. The minimum atomic E-state index is -0.426. The molecule has 0 bridgehead atoms. The number of carbonyl (C=O) groups excluding carboxylic acids is 2. The molecule has 4 rings (SSSR count). The maximum Gasteiger partial charge on any atom is 0.165 e. The Bertz CT molecular complexity index is 714. The number of nitrogens with one attached hydrogen (secondary N) is 2. The van der Waals surface area contributed by atoms with E-state index in [2.05, 4.69) is 34.9 Å². The molecule has 7 heteroatoms. The number of benzene rings is 1. The van der Waals surface area contributed by atoms with Gasteiger partial charge in [-0.2, -0.15) is 0 Å². The van der Waals surface area contributed by atoms with Crippen LogP contribution in [0.25, 0.3) is 0 Å². The van der Waals surface area contributed by atoms with E-state index in [1.54, 1.807) is 11.8 Å². The van der Waals surface area contributed by atoms with Crippen molar-refractivity contribution in [3.63, 3.8) is 0 Å². The Labute approximate surface area is 168 Å². The number of hydrogen-bond donors (Lipinski definition) is 3. The molecule has 1 aromatic rings. The van der Waals surface area contributed by atoms with Gasteiger partial charge in [-0.3, -0.25) is 14.9 Å². The minimum absolute atomic E-state index is 0.0522. The van der Waals surface area contributed by atoms with E-state index in [-0.39, 0.29) is 34.7 Å². The molecule has 5 nitrogen and oxygen atoms in total. The second-order valence-electron chi connectivity index (χ2n) is 7.59. The summed E-state index contributed by atoms with van der Waals surface area (Å²) in [5, 5.41) is 15.3. The van der Waals surface area contributed by atoms with Crippen LogP contribution in [-0.2, 0) is 22.4 Å². The molecule has 2 unspecified atom stereocenters. The first kappa shape index (κ1) is 19.5.